The Hall–Kier alpha value is -1.12. The largest absolute Gasteiger partial charge is 0.316 e. The Bertz CT molecular complexity index is 505. The first kappa shape index (κ1) is 14.3. The molecule has 102 valence electrons. The average Bonchev–Trinajstić information content (AvgIpc) is 2.84. The molecule has 0 amide bonds. The molecule has 0 fully saturated rings. The molecule has 0 bridgehead atoms. The van der Waals surface area contributed by atoms with Gasteiger partial charge in [-0.05, 0) is 68.8 Å². The Balaban J connectivity index is 2.14. The van der Waals surface area contributed by atoms with Crippen LogP contribution in [0.4, 0.5) is 0 Å². The van der Waals surface area contributed by atoms with E-state index in [-0.39, 0.29) is 0 Å². The molecule has 0 saturated heterocycles. The van der Waals surface area contributed by atoms with Gasteiger partial charge in [0.25, 0.3) is 0 Å². The second kappa shape index (κ2) is 6.36. The van der Waals surface area contributed by atoms with E-state index in [0.29, 0.717) is 6.04 Å². The number of benzene rings is 1. The van der Waals surface area contributed by atoms with E-state index in [1.54, 1.807) is 0 Å². The van der Waals surface area contributed by atoms with E-state index in [4.69, 9.17) is 0 Å². The standard InChI is InChI=1S/C17H23NS/c1-12-8-13(2)17(14(3)9-12)11-15(18-4)10-16-6-5-7-19-16/h5-9,15,18H,10-11H2,1-4H3. The minimum Gasteiger partial charge on any atom is -0.316 e. The summed E-state index contributed by atoms with van der Waals surface area (Å²) in [5, 5.41) is 5.62. The predicted molar refractivity (Wildman–Crippen MR) is 85.2 cm³/mol. The summed E-state index contributed by atoms with van der Waals surface area (Å²) in [6.07, 6.45) is 2.22. The van der Waals surface area contributed by atoms with Crippen molar-refractivity contribution in [3.05, 3.63) is 56.8 Å². The van der Waals surface area contributed by atoms with Crippen LogP contribution in [-0.4, -0.2) is 13.1 Å². The molecule has 2 aromatic rings. The third kappa shape index (κ3) is 3.68. The Morgan fingerprint density at radius 1 is 1.11 bits per heavy atom. The lowest BCUT2D eigenvalue weighted by molar-refractivity contribution is 0.558. The van der Waals surface area contributed by atoms with Gasteiger partial charge in [-0.25, -0.2) is 0 Å². The van der Waals surface area contributed by atoms with E-state index in [9.17, 15) is 0 Å². The average molecular weight is 273 g/mol. The SMILES string of the molecule is CNC(Cc1cccs1)Cc1c(C)cc(C)cc1C. The van der Waals surface area contributed by atoms with E-state index in [2.05, 4.69) is 62.8 Å². The molecule has 1 heterocycles. The quantitative estimate of drug-likeness (QED) is 0.866. The molecule has 0 saturated carbocycles. The summed E-state index contributed by atoms with van der Waals surface area (Å²) in [4.78, 5) is 1.46. The van der Waals surface area contributed by atoms with Crippen molar-refractivity contribution < 1.29 is 0 Å². The van der Waals surface area contributed by atoms with Crippen molar-refractivity contribution >= 4 is 11.3 Å². The summed E-state index contributed by atoms with van der Waals surface area (Å²) in [5.74, 6) is 0. The van der Waals surface area contributed by atoms with Crippen molar-refractivity contribution in [2.24, 2.45) is 0 Å². The molecular weight excluding hydrogens is 250 g/mol. The van der Waals surface area contributed by atoms with Crippen LogP contribution in [0.25, 0.3) is 0 Å². The first-order valence-electron chi connectivity index (χ1n) is 6.86. The van der Waals surface area contributed by atoms with Crippen LogP contribution in [-0.2, 0) is 12.8 Å². The summed E-state index contributed by atoms with van der Waals surface area (Å²) >= 11 is 1.85. The van der Waals surface area contributed by atoms with Gasteiger partial charge in [0, 0.05) is 10.9 Å². The summed E-state index contributed by atoms with van der Waals surface area (Å²) < 4.78 is 0. The highest BCUT2D eigenvalue weighted by molar-refractivity contribution is 7.09. The summed E-state index contributed by atoms with van der Waals surface area (Å²) in [6, 6.07) is 9.46. The van der Waals surface area contributed by atoms with Crippen molar-refractivity contribution in [3.8, 4) is 0 Å². The molecule has 19 heavy (non-hydrogen) atoms. The predicted octanol–water partition coefficient (Wildman–Crippen LogP) is 4.05. The molecule has 2 heteroatoms. The van der Waals surface area contributed by atoms with Crippen molar-refractivity contribution in [1.82, 2.24) is 5.32 Å². The number of hydrogen-bond acceptors (Lipinski definition) is 2. The summed E-state index contributed by atoms with van der Waals surface area (Å²) in [7, 11) is 2.07. The molecule has 0 aliphatic rings. The lowest BCUT2D eigenvalue weighted by atomic mass is 9.93. The molecule has 0 spiro atoms. The Labute approximate surface area is 120 Å². The maximum Gasteiger partial charge on any atom is 0.0153 e. The van der Waals surface area contributed by atoms with Gasteiger partial charge < -0.3 is 5.32 Å². The van der Waals surface area contributed by atoms with Gasteiger partial charge >= 0.3 is 0 Å². The van der Waals surface area contributed by atoms with E-state index < -0.39 is 0 Å². The fraction of sp³-hybridized carbons (Fsp3) is 0.412. The molecule has 1 N–H and O–H groups in total. The zero-order valence-electron chi connectivity index (χ0n) is 12.3. The van der Waals surface area contributed by atoms with Crippen LogP contribution in [0.5, 0.6) is 0 Å². The van der Waals surface area contributed by atoms with Gasteiger partial charge in [-0.3, -0.25) is 0 Å². The van der Waals surface area contributed by atoms with E-state index in [1.165, 1.54) is 27.1 Å². The fourth-order valence-electron chi connectivity index (χ4n) is 2.73. The number of thiophene rings is 1. The lowest BCUT2D eigenvalue weighted by Crippen LogP contribution is -2.30. The van der Waals surface area contributed by atoms with Crippen LogP contribution >= 0.6 is 11.3 Å². The zero-order valence-corrected chi connectivity index (χ0v) is 13.1. The highest BCUT2D eigenvalue weighted by Crippen LogP contribution is 2.20. The smallest absolute Gasteiger partial charge is 0.0153 e. The van der Waals surface area contributed by atoms with Crippen molar-refractivity contribution in [1.29, 1.82) is 0 Å². The third-order valence-corrected chi connectivity index (χ3v) is 4.63. The van der Waals surface area contributed by atoms with Crippen LogP contribution in [0.3, 0.4) is 0 Å². The molecule has 1 aromatic carbocycles. The van der Waals surface area contributed by atoms with Crippen molar-refractivity contribution in [2.75, 3.05) is 7.05 Å². The van der Waals surface area contributed by atoms with E-state index in [1.807, 2.05) is 11.3 Å². The third-order valence-electron chi connectivity index (χ3n) is 3.73. The molecule has 1 aromatic heterocycles. The Morgan fingerprint density at radius 2 is 1.79 bits per heavy atom. The molecule has 0 radical (unpaired) electrons. The highest BCUT2D eigenvalue weighted by atomic mass is 32.1. The number of rotatable bonds is 5. The topological polar surface area (TPSA) is 12.0 Å². The maximum atomic E-state index is 3.46. The van der Waals surface area contributed by atoms with Gasteiger partial charge in [0.15, 0.2) is 0 Å². The molecule has 1 unspecified atom stereocenters. The second-order valence-corrected chi connectivity index (χ2v) is 6.38. The van der Waals surface area contributed by atoms with Gasteiger partial charge in [-0.2, -0.15) is 0 Å². The number of nitrogens with one attached hydrogen (secondary N) is 1. The normalized spacial score (nSPS) is 12.6. The molecular formula is C17H23NS. The van der Waals surface area contributed by atoms with Gasteiger partial charge in [0.05, 0.1) is 0 Å². The number of aryl methyl sites for hydroxylation is 3. The first-order chi connectivity index (χ1) is 9.10. The molecule has 2 rings (SSSR count). The second-order valence-electron chi connectivity index (χ2n) is 5.35. The molecule has 1 nitrogen and oxygen atoms in total. The van der Waals surface area contributed by atoms with E-state index in [0.717, 1.165) is 12.8 Å². The number of hydrogen-bond donors (Lipinski definition) is 1. The van der Waals surface area contributed by atoms with Crippen LogP contribution in [0.2, 0.25) is 0 Å². The zero-order chi connectivity index (χ0) is 13.8. The van der Waals surface area contributed by atoms with Gasteiger partial charge in [0.1, 0.15) is 0 Å². The van der Waals surface area contributed by atoms with Crippen molar-refractivity contribution in [3.63, 3.8) is 0 Å². The fourth-order valence-corrected chi connectivity index (χ4v) is 3.51. The minimum absolute atomic E-state index is 0.513. The van der Waals surface area contributed by atoms with Gasteiger partial charge in [0.2, 0.25) is 0 Å². The van der Waals surface area contributed by atoms with E-state index >= 15 is 0 Å². The Kier molecular flexibility index (Phi) is 4.78. The van der Waals surface area contributed by atoms with Crippen LogP contribution in [0.15, 0.2) is 29.6 Å². The molecule has 0 aliphatic heterocycles. The summed E-state index contributed by atoms with van der Waals surface area (Å²) in [6.45, 7) is 6.63. The monoisotopic (exact) mass is 273 g/mol. The van der Waals surface area contributed by atoms with Gasteiger partial charge in [-0.1, -0.05) is 23.8 Å². The lowest BCUT2D eigenvalue weighted by Gasteiger charge is -2.19. The first-order valence-corrected chi connectivity index (χ1v) is 7.74. The molecule has 1 atom stereocenters. The van der Waals surface area contributed by atoms with Crippen LogP contribution in [0, 0.1) is 20.8 Å². The number of likely N-dealkylation sites (N-methyl/N-ethyl adjacent to an activating group) is 1. The minimum atomic E-state index is 0.513. The summed E-state index contributed by atoms with van der Waals surface area (Å²) in [5.41, 5.74) is 5.70. The molecule has 0 aliphatic carbocycles. The van der Waals surface area contributed by atoms with Gasteiger partial charge in [-0.15, -0.1) is 11.3 Å². The highest BCUT2D eigenvalue weighted by Gasteiger charge is 2.12. The Morgan fingerprint density at radius 3 is 2.32 bits per heavy atom. The van der Waals surface area contributed by atoms with Crippen molar-refractivity contribution in [2.45, 2.75) is 39.7 Å². The maximum absolute atomic E-state index is 3.46. The van der Waals surface area contributed by atoms with Crippen LogP contribution < -0.4 is 5.32 Å². The van der Waals surface area contributed by atoms with Crippen LogP contribution in [0.1, 0.15) is 27.1 Å².